The van der Waals surface area contributed by atoms with E-state index in [1.807, 2.05) is 0 Å². The molecule has 0 bridgehead atoms. The summed E-state index contributed by atoms with van der Waals surface area (Å²) < 4.78 is 23.9. The molecule has 0 unspecified atom stereocenters. The maximum absolute atomic E-state index is 11.5. The molecule has 0 radical (unpaired) electrons. The third kappa shape index (κ3) is 4.95. The Hall–Kier alpha value is -1.12. The van der Waals surface area contributed by atoms with Gasteiger partial charge in [-0.3, -0.25) is 0 Å². The van der Waals surface area contributed by atoms with Crippen molar-refractivity contribution in [1.82, 2.24) is 10.2 Å². The Morgan fingerprint density at radius 3 is 2.76 bits per heavy atom. The molecular formula is C17H23N3O2S3. The van der Waals surface area contributed by atoms with E-state index in [1.165, 1.54) is 11.1 Å². The molecule has 2 aromatic rings. The fourth-order valence-electron chi connectivity index (χ4n) is 2.92. The monoisotopic (exact) mass is 397 g/mol. The van der Waals surface area contributed by atoms with Crippen molar-refractivity contribution in [2.75, 3.05) is 22.6 Å². The standard InChI is InChI=1S/C17H23N3O2S3/c1-3-14-6-4-5-12(2)15(14)18-16-19-20-17(24-16)23-11-13-7-9-25(21,22)10-8-13/h4-6,13H,3,7-11H2,1-2H3,(H,18,19). The van der Waals surface area contributed by atoms with Crippen LogP contribution in [0.15, 0.2) is 22.5 Å². The normalized spacial score (nSPS) is 17.5. The molecule has 1 aromatic heterocycles. The number of benzene rings is 1. The fraction of sp³-hybridized carbons (Fsp3) is 0.529. The second kappa shape index (κ2) is 8.05. The smallest absolute Gasteiger partial charge is 0.210 e. The highest BCUT2D eigenvalue weighted by atomic mass is 32.2. The second-order valence-corrected chi connectivity index (χ2v) is 10.9. The highest BCUT2D eigenvalue weighted by Gasteiger charge is 2.24. The summed E-state index contributed by atoms with van der Waals surface area (Å²) in [7, 11) is -2.78. The molecule has 136 valence electrons. The average molecular weight is 398 g/mol. The van der Waals surface area contributed by atoms with Gasteiger partial charge in [0.1, 0.15) is 9.84 Å². The molecule has 0 atom stereocenters. The van der Waals surface area contributed by atoms with Crippen molar-refractivity contribution in [3.8, 4) is 0 Å². The number of anilines is 2. The van der Waals surface area contributed by atoms with Crippen molar-refractivity contribution >= 4 is 43.8 Å². The predicted molar refractivity (Wildman–Crippen MR) is 106 cm³/mol. The van der Waals surface area contributed by atoms with Gasteiger partial charge < -0.3 is 5.32 Å². The third-order valence-electron chi connectivity index (χ3n) is 4.50. The molecule has 2 heterocycles. The van der Waals surface area contributed by atoms with E-state index >= 15 is 0 Å². The van der Waals surface area contributed by atoms with Crippen LogP contribution in [0.4, 0.5) is 10.8 Å². The molecule has 0 amide bonds. The first-order chi connectivity index (χ1) is 12.0. The summed E-state index contributed by atoms with van der Waals surface area (Å²) >= 11 is 3.24. The molecule has 1 aromatic carbocycles. The van der Waals surface area contributed by atoms with E-state index in [-0.39, 0.29) is 0 Å². The number of hydrogen-bond donors (Lipinski definition) is 1. The van der Waals surface area contributed by atoms with E-state index in [0.29, 0.717) is 17.4 Å². The Balaban J connectivity index is 1.58. The molecule has 8 heteroatoms. The first kappa shape index (κ1) is 18.7. The van der Waals surface area contributed by atoms with Crippen molar-refractivity contribution in [2.45, 2.75) is 37.4 Å². The quantitative estimate of drug-likeness (QED) is 0.741. The number of sulfone groups is 1. The summed E-state index contributed by atoms with van der Waals surface area (Å²) in [6.07, 6.45) is 2.50. The van der Waals surface area contributed by atoms with Crippen LogP contribution in [0.25, 0.3) is 0 Å². The van der Waals surface area contributed by atoms with Crippen LogP contribution in [0.2, 0.25) is 0 Å². The van der Waals surface area contributed by atoms with Crippen molar-refractivity contribution in [1.29, 1.82) is 0 Å². The summed E-state index contributed by atoms with van der Waals surface area (Å²) in [4.78, 5) is 0. The molecule has 3 rings (SSSR count). The molecular weight excluding hydrogens is 374 g/mol. The average Bonchev–Trinajstić information content (AvgIpc) is 3.03. The Morgan fingerprint density at radius 1 is 1.28 bits per heavy atom. The number of thioether (sulfide) groups is 1. The number of nitrogens with one attached hydrogen (secondary N) is 1. The zero-order valence-corrected chi connectivity index (χ0v) is 16.9. The predicted octanol–water partition coefficient (Wildman–Crippen LogP) is 4.07. The van der Waals surface area contributed by atoms with Crippen LogP contribution in [0.1, 0.15) is 30.9 Å². The second-order valence-electron chi connectivity index (χ2n) is 6.37. The molecule has 0 saturated carbocycles. The molecule has 1 aliphatic heterocycles. The van der Waals surface area contributed by atoms with Crippen molar-refractivity contribution < 1.29 is 8.42 Å². The number of hydrogen-bond acceptors (Lipinski definition) is 7. The summed E-state index contributed by atoms with van der Waals surface area (Å²) in [5.74, 6) is 2.02. The van der Waals surface area contributed by atoms with E-state index in [0.717, 1.165) is 40.2 Å². The highest BCUT2D eigenvalue weighted by Crippen LogP contribution is 2.33. The van der Waals surface area contributed by atoms with Gasteiger partial charge in [0.05, 0.1) is 11.5 Å². The molecule has 1 fully saturated rings. The van der Waals surface area contributed by atoms with Crippen LogP contribution < -0.4 is 5.32 Å². The lowest BCUT2D eigenvalue weighted by molar-refractivity contribution is 0.507. The molecule has 1 aliphatic rings. The van der Waals surface area contributed by atoms with Gasteiger partial charge in [0, 0.05) is 11.4 Å². The van der Waals surface area contributed by atoms with Crippen molar-refractivity contribution in [3.63, 3.8) is 0 Å². The molecule has 5 nitrogen and oxygen atoms in total. The van der Waals surface area contributed by atoms with Gasteiger partial charge in [-0.05, 0) is 43.2 Å². The van der Waals surface area contributed by atoms with Crippen LogP contribution in [0.5, 0.6) is 0 Å². The minimum atomic E-state index is -2.78. The summed E-state index contributed by atoms with van der Waals surface area (Å²) in [5, 5.41) is 12.7. The van der Waals surface area contributed by atoms with Crippen LogP contribution in [0.3, 0.4) is 0 Å². The van der Waals surface area contributed by atoms with Crippen LogP contribution in [0, 0.1) is 12.8 Å². The number of aryl methyl sites for hydroxylation is 2. The van der Waals surface area contributed by atoms with Gasteiger partial charge in [-0.1, -0.05) is 48.2 Å². The number of para-hydroxylation sites is 1. The fourth-order valence-corrected chi connectivity index (χ4v) is 6.48. The summed E-state index contributed by atoms with van der Waals surface area (Å²) in [6.45, 7) is 4.24. The van der Waals surface area contributed by atoms with Crippen LogP contribution >= 0.6 is 23.1 Å². The lowest BCUT2D eigenvalue weighted by Gasteiger charge is -2.20. The highest BCUT2D eigenvalue weighted by molar-refractivity contribution is 8.01. The molecule has 25 heavy (non-hydrogen) atoms. The Morgan fingerprint density at radius 2 is 2.04 bits per heavy atom. The number of nitrogens with zero attached hydrogens (tertiary/aromatic N) is 2. The van der Waals surface area contributed by atoms with Gasteiger partial charge in [0.25, 0.3) is 0 Å². The SMILES string of the molecule is CCc1cccc(C)c1Nc1nnc(SCC2CCS(=O)(=O)CC2)s1. The van der Waals surface area contributed by atoms with Gasteiger partial charge in [0.15, 0.2) is 4.34 Å². The largest absolute Gasteiger partial charge is 0.330 e. The molecule has 1 N–H and O–H groups in total. The van der Waals surface area contributed by atoms with Crippen molar-refractivity contribution in [2.24, 2.45) is 5.92 Å². The van der Waals surface area contributed by atoms with Gasteiger partial charge in [-0.25, -0.2) is 8.42 Å². The minimum absolute atomic E-state index is 0.328. The van der Waals surface area contributed by atoms with E-state index in [4.69, 9.17) is 0 Å². The summed E-state index contributed by atoms with van der Waals surface area (Å²) in [5.41, 5.74) is 3.59. The van der Waals surface area contributed by atoms with Crippen molar-refractivity contribution in [3.05, 3.63) is 29.3 Å². The molecule has 1 saturated heterocycles. The van der Waals surface area contributed by atoms with Gasteiger partial charge >= 0.3 is 0 Å². The third-order valence-corrected chi connectivity index (χ3v) is 8.41. The Bertz CT molecular complexity index is 819. The first-order valence-corrected chi connectivity index (χ1v) is 12.1. The van der Waals surface area contributed by atoms with E-state index in [1.54, 1.807) is 23.1 Å². The van der Waals surface area contributed by atoms with Gasteiger partial charge in [0.2, 0.25) is 5.13 Å². The Kier molecular flexibility index (Phi) is 6.01. The number of rotatable bonds is 6. The maximum atomic E-state index is 11.5. The van der Waals surface area contributed by atoms with Gasteiger partial charge in [-0.15, -0.1) is 10.2 Å². The zero-order chi connectivity index (χ0) is 17.9. The van der Waals surface area contributed by atoms with E-state index in [2.05, 4.69) is 47.6 Å². The Labute approximate surface area is 157 Å². The molecule has 0 aliphatic carbocycles. The minimum Gasteiger partial charge on any atom is -0.330 e. The number of aromatic nitrogens is 2. The zero-order valence-electron chi connectivity index (χ0n) is 14.5. The van der Waals surface area contributed by atoms with E-state index in [9.17, 15) is 8.42 Å². The topological polar surface area (TPSA) is 72.0 Å². The maximum Gasteiger partial charge on any atom is 0.210 e. The molecule has 0 spiro atoms. The van der Waals surface area contributed by atoms with Crippen LogP contribution in [-0.2, 0) is 16.3 Å². The summed E-state index contributed by atoms with van der Waals surface area (Å²) in [6, 6.07) is 6.30. The first-order valence-electron chi connectivity index (χ1n) is 8.49. The van der Waals surface area contributed by atoms with E-state index < -0.39 is 9.84 Å². The lowest BCUT2D eigenvalue weighted by atomic mass is 10.1. The van der Waals surface area contributed by atoms with Crippen LogP contribution in [-0.4, -0.2) is 35.9 Å². The van der Waals surface area contributed by atoms with Gasteiger partial charge in [-0.2, -0.15) is 0 Å². The lowest BCUT2D eigenvalue weighted by Crippen LogP contribution is -2.24.